The second-order valence-corrected chi connectivity index (χ2v) is 4.31. The zero-order valence-corrected chi connectivity index (χ0v) is 13.3. The zero-order valence-electron chi connectivity index (χ0n) is 11.6. The van der Waals surface area contributed by atoms with Gasteiger partial charge in [-0.05, 0) is 0 Å². The van der Waals surface area contributed by atoms with Crippen LogP contribution in [-0.4, -0.2) is 44.0 Å². The molecule has 0 fully saturated rings. The summed E-state index contributed by atoms with van der Waals surface area (Å²) in [6, 6.07) is -0.626. The fourth-order valence-electron chi connectivity index (χ4n) is 1.70. The van der Waals surface area contributed by atoms with Crippen LogP contribution in [0.5, 0.6) is 0 Å². The first-order valence-corrected chi connectivity index (χ1v) is 5.83. The summed E-state index contributed by atoms with van der Waals surface area (Å²) in [5, 5.41) is 3.74. The van der Waals surface area contributed by atoms with Gasteiger partial charge in [0.2, 0.25) is 11.8 Å². The van der Waals surface area contributed by atoms with E-state index in [1.54, 1.807) is 26.5 Å². The van der Waals surface area contributed by atoms with Gasteiger partial charge in [0.15, 0.2) is 5.82 Å². The number of aromatic amines is 1. The van der Waals surface area contributed by atoms with E-state index >= 15 is 0 Å². The number of imidazole rings is 1. The van der Waals surface area contributed by atoms with Crippen LogP contribution in [-0.2, 0) is 17.8 Å². The first-order valence-electron chi connectivity index (χ1n) is 5.83. The van der Waals surface area contributed by atoms with Gasteiger partial charge in [0, 0.05) is 32.3 Å². The molecule has 2 aromatic rings. The fourth-order valence-corrected chi connectivity index (χ4v) is 1.70. The number of H-pyrrole nitrogens is 1. The molecular weight excluding hydrogens is 319 g/mol. The van der Waals surface area contributed by atoms with Gasteiger partial charge < -0.3 is 20.1 Å². The number of aromatic nitrogens is 4. The van der Waals surface area contributed by atoms with E-state index in [4.69, 9.17) is 10.3 Å². The topological polar surface area (TPSA) is 114 Å². The minimum atomic E-state index is -0.626. The van der Waals surface area contributed by atoms with Gasteiger partial charge in [0.1, 0.15) is 0 Å². The first kappa shape index (κ1) is 19.4. The van der Waals surface area contributed by atoms with Crippen molar-refractivity contribution in [3.8, 4) is 0 Å². The van der Waals surface area contributed by atoms with E-state index in [9.17, 15) is 4.79 Å². The molecule has 0 aliphatic rings. The van der Waals surface area contributed by atoms with Gasteiger partial charge in [-0.25, -0.2) is 4.98 Å². The van der Waals surface area contributed by atoms with Crippen molar-refractivity contribution >= 4 is 30.7 Å². The van der Waals surface area contributed by atoms with E-state index in [2.05, 4.69) is 20.1 Å². The van der Waals surface area contributed by atoms with Crippen molar-refractivity contribution in [3.63, 3.8) is 0 Å². The molecule has 0 aromatic carbocycles. The molecule has 0 aliphatic carbocycles. The second-order valence-electron chi connectivity index (χ2n) is 4.31. The Bertz CT molecular complexity index is 545. The maximum atomic E-state index is 12.1. The van der Waals surface area contributed by atoms with Crippen molar-refractivity contribution in [2.45, 2.75) is 25.9 Å². The number of nitrogens with two attached hydrogens (primary N) is 1. The number of hydrogen-bond donors (Lipinski definition) is 2. The zero-order chi connectivity index (χ0) is 13.8. The van der Waals surface area contributed by atoms with Crippen molar-refractivity contribution in [2.75, 3.05) is 7.05 Å². The Morgan fingerprint density at radius 3 is 2.76 bits per heavy atom. The SMILES string of the molecule is Cc1nc(CN(C)C(=O)[C@@H](N)Cc2cnc[nH]2)no1.Cl.Cl. The molecule has 2 heterocycles. The molecule has 0 aliphatic heterocycles. The molecule has 2 rings (SSSR count). The number of aryl methyl sites for hydroxylation is 1. The van der Waals surface area contributed by atoms with Crippen LogP contribution in [0.2, 0.25) is 0 Å². The first-order chi connectivity index (χ1) is 9.06. The van der Waals surface area contributed by atoms with E-state index < -0.39 is 6.04 Å². The number of rotatable bonds is 5. The van der Waals surface area contributed by atoms with Crippen LogP contribution in [0.25, 0.3) is 0 Å². The lowest BCUT2D eigenvalue weighted by Crippen LogP contribution is -2.42. The number of likely N-dealkylation sites (N-methyl/N-ethyl adjacent to an activating group) is 1. The standard InChI is InChI=1S/C11H16N6O2.2ClH/c1-7-15-10(16-19-7)5-17(2)11(18)9(12)3-8-4-13-6-14-8;;/h4,6,9H,3,5,12H2,1-2H3,(H,13,14);2*1H/t9-;;/m0../s1. The Labute approximate surface area is 134 Å². The monoisotopic (exact) mass is 336 g/mol. The third-order valence-corrected chi connectivity index (χ3v) is 2.64. The Hall–Kier alpha value is -1.64. The van der Waals surface area contributed by atoms with Gasteiger partial charge in [0.05, 0.1) is 18.9 Å². The van der Waals surface area contributed by atoms with Gasteiger partial charge in [-0.2, -0.15) is 4.98 Å². The van der Waals surface area contributed by atoms with E-state index in [-0.39, 0.29) is 37.3 Å². The highest BCUT2D eigenvalue weighted by Gasteiger charge is 2.20. The second kappa shape index (κ2) is 8.60. The number of halogens is 2. The number of amides is 1. The molecule has 21 heavy (non-hydrogen) atoms. The van der Waals surface area contributed by atoms with Crippen LogP contribution >= 0.6 is 24.8 Å². The molecule has 0 saturated heterocycles. The van der Waals surface area contributed by atoms with Gasteiger partial charge in [-0.3, -0.25) is 4.79 Å². The molecule has 118 valence electrons. The maximum absolute atomic E-state index is 12.1. The number of nitrogens with one attached hydrogen (secondary N) is 1. The molecule has 0 bridgehead atoms. The molecule has 1 amide bonds. The summed E-state index contributed by atoms with van der Waals surface area (Å²) < 4.78 is 4.85. The number of carbonyl (C=O) groups is 1. The van der Waals surface area contributed by atoms with Crippen LogP contribution in [0.4, 0.5) is 0 Å². The predicted molar refractivity (Wildman–Crippen MR) is 80.3 cm³/mol. The van der Waals surface area contributed by atoms with Crippen molar-refractivity contribution < 1.29 is 9.32 Å². The summed E-state index contributed by atoms with van der Waals surface area (Å²) in [6.45, 7) is 1.97. The lowest BCUT2D eigenvalue weighted by atomic mass is 10.1. The third kappa shape index (κ3) is 5.33. The molecule has 0 radical (unpaired) electrons. The summed E-state index contributed by atoms with van der Waals surface area (Å²) >= 11 is 0. The van der Waals surface area contributed by atoms with Gasteiger partial charge in [0.25, 0.3) is 0 Å². The third-order valence-electron chi connectivity index (χ3n) is 2.64. The van der Waals surface area contributed by atoms with E-state index in [1.165, 1.54) is 4.90 Å². The summed E-state index contributed by atoms with van der Waals surface area (Å²) in [7, 11) is 1.65. The molecular formula is C11H18Cl2N6O2. The highest BCUT2D eigenvalue weighted by Crippen LogP contribution is 2.03. The largest absolute Gasteiger partial charge is 0.348 e. The van der Waals surface area contributed by atoms with Crippen molar-refractivity contribution in [1.82, 2.24) is 25.0 Å². The molecule has 0 saturated carbocycles. The predicted octanol–water partition coefficient (Wildman–Crippen LogP) is 0.473. The summed E-state index contributed by atoms with van der Waals surface area (Å²) in [5.74, 6) is 0.747. The lowest BCUT2D eigenvalue weighted by Gasteiger charge is -2.19. The van der Waals surface area contributed by atoms with Crippen molar-refractivity contribution in [1.29, 1.82) is 0 Å². The Morgan fingerprint density at radius 1 is 1.52 bits per heavy atom. The summed E-state index contributed by atoms with van der Waals surface area (Å²) in [4.78, 5) is 24.4. The van der Waals surface area contributed by atoms with Crippen LogP contribution in [0.1, 0.15) is 17.4 Å². The van der Waals surface area contributed by atoms with E-state index in [1.807, 2.05) is 0 Å². The number of nitrogens with zero attached hydrogens (tertiary/aromatic N) is 4. The smallest absolute Gasteiger partial charge is 0.240 e. The van der Waals surface area contributed by atoms with Crippen LogP contribution in [0, 0.1) is 6.92 Å². The van der Waals surface area contributed by atoms with Crippen molar-refractivity contribution in [2.24, 2.45) is 5.73 Å². The summed E-state index contributed by atoms with van der Waals surface area (Å²) in [5.41, 5.74) is 6.69. The van der Waals surface area contributed by atoms with Gasteiger partial charge >= 0.3 is 0 Å². The van der Waals surface area contributed by atoms with Gasteiger partial charge in [-0.15, -0.1) is 24.8 Å². The van der Waals surface area contributed by atoms with Crippen LogP contribution < -0.4 is 5.73 Å². The molecule has 0 unspecified atom stereocenters. The fraction of sp³-hybridized carbons (Fsp3) is 0.455. The minimum absolute atomic E-state index is 0. The maximum Gasteiger partial charge on any atom is 0.240 e. The molecule has 10 heteroatoms. The average Bonchev–Trinajstić information content (AvgIpc) is 3.00. The number of hydrogen-bond acceptors (Lipinski definition) is 6. The molecule has 0 spiro atoms. The van der Waals surface area contributed by atoms with E-state index in [0.717, 1.165) is 5.69 Å². The van der Waals surface area contributed by atoms with Crippen LogP contribution in [0.3, 0.4) is 0 Å². The number of carbonyl (C=O) groups excluding carboxylic acids is 1. The Morgan fingerprint density at radius 2 is 2.24 bits per heavy atom. The molecule has 2 aromatic heterocycles. The Kier molecular flexibility index (Phi) is 7.93. The van der Waals surface area contributed by atoms with Crippen molar-refractivity contribution in [3.05, 3.63) is 29.9 Å². The summed E-state index contributed by atoms with van der Waals surface area (Å²) in [6.07, 6.45) is 3.61. The Balaban J connectivity index is 0.00000200. The average molecular weight is 337 g/mol. The highest BCUT2D eigenvalue weighted by atomic mass is 35.5. The quantitative estimate of drug-likeness (QED) is 0.820. The lowest BCUT2D eigenvalue weighted by molar-refractivity contribution is -0.131. The highest BCUT2D eigenvalue weighted by molar-refractivity contribution is 5.85. The minimum Gasteiger partial charge on any atom is -0.348 e. The molecule has 3 N–H and O–H groups in total. The normalized spacial score (nSPS) is 11.2. The molecule has 1 atom stereocenters. The van der Waals surface area contributed by atoms with E-state index in [0.29, 0.717) is 18.1 Å². The van der Waals surface area contributed by atoms with Crippen LogP contribution in [0.15, 0.2) is 17.0 Å². The van der Waals surface area contributed by atoms with Gasteiger partial charge in [-0.1, -0.05) is 5.16 Å². The molecule has 8 nitrogen and oxygen atoms in total.